The van der Waals surface area contributed by atoms with E-state index in [1.165, 1.54) is 0 Å². The van der Waals surface area contributed by atoms with E-state index in [-0.39, 0.29) is 12.5 Å². The molecule has 1 atom stereocenters. The number of nitrogens with zero attached hydrogens (tertiary/aromatic N) is 3. The molecule has 9 nitrogen and oxygen atoms in total. The number of hydrogen-bond acceptors (Lipinski definition) is 7. The maximum absolute atomic E-state index is 13.4. The number of alkyl carbamates (subject to hydrolysis) is 1. The lowest BCUT2D eigenvalue weighted by Crippen LogP contribution is -2.46. The number of rotatable bonds is 6. The lowest BCUT2D eigenvalue weighted by Gasteiger charge is -2.22. The van der Waals surface area contributed by atoms with Crippen LogP contribution < -0.4 is 5.32 Å². The van der Waals surface area contributed by atoms with Gasteiger partial charge in [0.15, 0.2) is 0 Å². The second-order valence-corrected chi connectivity index (χ2v) is 10.1. The highest BCUT2D eigenvalue weighted by Gasteiger charge is 2.32. The van der Waals surface area contributed by atoms with Crippen molar-refractivity contribution < 1.29 is 23.9 Å². The molecule has 0 saturated heterocycles. The Morgan fingerprint density at radius 3 is 2.18 bits per heavy atom. The van der Waals surface area contributed by atoms with E-state index in [2.05, 4.69) is 15.6 Å². The number of para-hydroxylation sites is 1. The molecule has 1 aliphatic carbocycles. The number of carbonyl (C=O) groups excluding carboxylic acids is 3. The number of fused-ring (bicyclic) bond motifs is 4. The van der Waals surface area contributed by atoms with Crippen LogP contribution in [0, 0.1) is 0 Å². The smallest absolute Gasteiger partial charge is 0.407 e. The first-order chi connectivity index (χ1) is 18.2. The minimum atomic E-state index is -1.27. The van der Waals surface area contributed by atoms with Gasteiger partial charge in [-0.1, -0.05) is 65.9 Å². The highest BCUT2D eigenvalue weighted by molar-refractivity contribution is 5.95. The SMILES string of the molecule is CC(C)(C)OC(=O)C[C@H](NC(=O)OCC1c2ccccc2-c2ccccc21)C(=O)n1nnc2ccccc21. The summed E-state index contributed by atoms with van der Waals surface area (Å²) in [6.45, 7) is 5.25. The van der Waals surface area contributed by atoms with Gasteiger partial charge in [0.05, 0.1) is 11.9 Å². The number of benzene rings is 3. The Labute approximate surface area is 219 Å². The molecular formula is C29H28N4O5. The van der Waals surface area contributed by atoms with Crippen molar-refractivity contribution in [1.82, 2.24) is 20.3 Å². The fourth-order valence-corrected chi connectivity index (χ4v) is 4.71. The predicted octanol–water partition coefficient (Wildman–Crippen LogP) is 4.71. The quantitative estimate of drug-likeness (QED) is 0.372. The Morgan fingerprint density at radius 2 is 1.53 bits per heavy atom. The zero-order valence-electron chi connectivity index (χ0n) is 21.4. The van der Waals surface area contributed by atoms with E-state index in [1.807, 2.05) is 48.5 Å². The molecule has 1 heterocycles. The van der Waals surface area contributed by atoms with Gasteiger partial charge < -0.3 is 14.8 Å². The predicted molar refractivity (Wildman–Crippen MR) is 141 cm³/mol. The Hall–Kier alpha value is -4.53. The van der Waals surface area contributed by atoms with Crippen LogP contribution in [0.4, 0.5) is 4.79 Å². The molecule has 194 valence electrons. The molecule has 0 aliphatic heterocycles. The van der Waals surface area contributed by atoms with E-state index >= 15 is 0 Å². The van der Waals surface area contributed by atoms with Crippen LogP contribution in [-0.2, 0) is 14.3 Å². The molecule has 5 rings (SSSR count). The fraction of sp³-hybridized carbons (Fsp3) is 0.276. The average molecular weight is 513 g/mol. The molecule has 0 spiro atoms. The number of ether oxygens (including phenoxy) is 2. The van der Waals surface area contributed by atoms with Gasteiger partial charge >= 0.3 is 12.1 Å². The van der Waals surface area contributed by atoms with E-state index in [0.29, 0.717) is 11.0 Å². The zero-order chi connectivity index (χ0) is 26.9. The Bertz CT molecular complexity index is 1480. The van der Waals surface area contributed by atoms with Crippen LogP contribution >= 0.6 is 0 Å². The van der Waals surface area contributed by atoms with Gasteiger partial charge in [-0.2, -0.15) is 4.68 Å². The van der Waals surface area contributed by atoms with Gasteiger partial charge in [-0.15, -0.1) is 5.10 Å². The summed E-state index contributed by atoms with van der Waals surface area (Å²) in [6.07, 6.45) is -1.22. The molecule has 0 bridgehead atoms. The maximum Gasteiger partial charge on any atom is 0.407 e. The lowest BCUT2D eigenvalue weighted by atomic mass is 9.98. The summed E-state index contributed by atoms with van der Waals surface area (Å²) in [5, 5.41) is 10.5. The van der Waals surface area contributed by atoms with Crippen LogP contribution in [-0.4, -0.2) is 51.2 Å². The highest BCUT2D eigenvalue weighted by atomic mass is 16.6. The number of amides is 1. The van der Waals surface area contributed by atoms with E-state index in [4.69, 9.17) is 9.47 Å². The van der Waals surface area contributed by atoms with Crippen molar-refractivity contribution in [3.8, 4) is 11.1 Å². The van der Waals surface area contributed by atoms with Gasteiger partial charge in [-0.05, 0) is 55.2 Å². The Kier molecular flexibility index (Phi) is 6.67. The van der Waals surface area contributed by atoms with Crippen LogP contribution in [0.1, 0.15) is 49.0 Å². The average Bonchev–Trinajstić information content (AvgIpc) is 3.45. The van der Waals surface area contributed by atoms with Crippen LogP contribution in [0.3, 0.4) is 0 Å². The molecule has 1 N–H and O–H groups in total. The van der Waals surface area contributed by atoms with E-state index < -0.39 is 36.0 Å². The zero-order valence-corrected chi connectivity index (χ0v) is 21.4. The van der Waals surface area contributed by atoms with Crippen molar-refractivity contribution in [1.29, 1.82) is 0 Å². The first-order valence-electron chi connectivity index (χ1n) is 12.4. The number of esters is 1. The van der Waals surface area contributed by atoms with Crippen LogP contribution in [0.2, 0.25) is 0 Å². The van der Waals surface area contributed by atoms with Gasteiger partial charge in [0.2, 0.25) is 0 Å². The van der Waals surface area contributed by atoms with Gasteiger partial charge in [0, 0.05) is 5.92 Å². The second kappa shape index (κ2) is 10.1. The molecule has 1 amide bonds. The third-order valence-electron chi connectivity index (χ3n) is 6.29. The molecule has 9 heteroatoms. The molecule has 0 unspecified atom stereocenters. The van der Waals surface area contributed by atoms with Gasteiger partial charge in [0.25, 0.3) is 5.91 Å². The van der Waals surface area contributed by atoms with Crippen LogP contribution in [0.15, 0.2) is 72.8 Å². The van der Waals surface area contributed by atoms with Gasteiger partial charge in [-0.3, -0.25) is 9.59 Å². The Balaban J connectivity index is 1.34. The van der Waals surface area contributed by atoms with Crippen molar-refractivity contribution >= 4 is 29.0 Å². The van der Waals surface area contributed by atoms with Crippen molar-refractivity contribution in [3.05, 3.63) is 83.9 Å². The molecule has 1 aromatic heterocycles. The number of carbonyl (C=O) groups is 3. The highest BCUT2D eigenvalue weighted by Crippen LogP contribution is 2.44. The van der Waals surface area contributed by atoms with Crippen molar-refractivity contribution in [2.75, 3.05) is 6.61 Å². The lowest BCUT2D eigenvalue weighted by molar-refractivity contribution is -0.155. The molecule has 1 aliphatic rings. The normalized spacial score (nSPS) is 13.4. The fourth-order valence-electron chi connectivity index (χ4n) is 4.71. The van der Waals surface area contributed by atoms with Gasteiger partial charge in [0.1, 0.15) is 23.8 Å². The number of aromatic nitrogens is 3. The minimum Gasteiger partial charge on any atom is -0.460 e. The molecule has 38 heavy (non-hydrogen) atoms. The first kappa shape index (κ1) is 25.1. The molecular weight excluding hydrogens is 484 g/mol. The standard InChI is InChI=1S/C29H28N4O5/c1-29(2,3)38-26(34)16-24(27(35)33-25-15-9-8-14-23(25)31-32-33)30-28(36)37-17-22-20-12-6-4-10-18(20)19-11-5-7-13-21(19)22/h4-15,22,24H,16-17H2,1-3H3,(H,30,36)/t24-/m0/s1. The van der Waals surface area contributed by atoms with Crippen molar-refractivity contribution in [2.45, 2.75) is 44.8 Å². The van der Waals surface area contributed by atoms with Crippen molar-refractivity contribution in [2.24, 2.45) is 0 Å². The number of hydrogen-bond donors (Lipinski definition) is 1. The van der Waals surface area contributed by atoms with Crippen LogP contribution in [0.5, 0.6) is 0 Å². The maximum atomic E-state index is 13.4. The minimum absolute atomic E-state index is 0.0689. The summed E-state index contributed by atoms with van der Waals surface area (Å²) in [6, 6.07) is 21.7. The first-order valence-corrected chi connectivity index (χ1v) is 12.4. The molecule has 4 aromatic rings. The topological polar surface area (TPSA) is 112 Å². The van der Waals surface area contributed by atoms with Crippen LogP contribution in [0.25, 0.3) is 22.2 Å². The summed E-state index contributed by atoms with van der Waals surface area (Å²) >= 11 is 0. The molecule has 0 fully saturated rings. The van der Waals surface area contributed by atoms with Gasteiger partial charge in [-0.25, -0.2) is 4.79 Å². The van der Waals surface area contributed by atoms with E-state index in [0.717, 1.165) is 26.9 Å². The van der Waals surface area contributed by atoms with E-state index in [9.17, 15) is 14.4 Å². The van der Waals surface area contributed by atoms with E-state index in [1.54, 1.807) is 45.0 Å². The summed E-state index contributed by atoms with van der Waals surface area (Å²) in [5.41, 5.74) is 4.56. The molecule has 3 aromatic carbocycles. The summed E-state index contributed by atoms with van der Waals surface area (Å²) in [4.78, 5) is 39.0. The summed E-state index contributed by atoms with van der Waals surface area (Å²) in [7, 11) is 0. The summed E-state index contributed by atoms with van der Waals surface area (Å²) in [5.74, 6) is -1.41. The third-order valence-corrected chi connectivity index (χ3v) is 6.29. The summed E-state index contributed by atoms with van der Waals surface area (Å²) < 4.78 is 12.1. The third kappa shape index (κ3) is 5.13. The number of nitrogens with one attached hydrogen (secondary N) is 1. The Morgan fingerprint density at radius 1 is 0.921 bits per heavy atom. The van der Waals surface area contributed by atoms with Crippen molar-refractivity contribution in [3.63, 3.8) is 0 Å². The monoisotopic (exact) mass is 512 g/mol. The molecule has 0 radical (unpaired) electrons. The second-order valence-electron chi connectivity index (χ2n) is 10.1. The molecule has 0 saturated carbocycles. The largest absolute Gasteiger partial charge is 0.460 e.